The first-order chi connectivity index (χ1) is 13.1. The molecule has 0 spiro atoms. The van der Waals surface area contributed by atoms with Crippen molar-refractivity contribution < 1.29 is 0 Å². The molecule has 0 fully saturated rings. The molecule has 6 heteroatoms. The second kappa shape index (κ2) is 7.01. The molecule has 0 saturated carbocycles. The number of aromatic nitrogens is 4. The SMILES string of the molecule is CC#CCn1c(Br)nc2c(C)nn(Cc3cccc4ccccc34)c(=O)c21. The Balaban J connectivity index is 1.90. The largest absolute Gasteiger partial charge is 0.302 e. The molecule has 4 rings (SSSR count). The van der Waals surface area contributed by atoms with Gasteiger partial charge in [-0.05, 0) is 46.1 Å². The van der Waals surface area contributed by atoms with Gasteiger partial charge in [0.2, 0.25) is 0 Å². The fraction of sp³-hybridized carbons (Fsp3) is 0.190. The lowest BCUT2D eigenvalue weighted by Crippen LogP contribution is -2.26. The average molecular weight is 421 g/mol. The molecule has 2 aromatic heterocycles. The van der Waals surface area contributed by atoms with Crippen LogP contribution in [-0.2, 0) is 13.1 Å². The Morgan fingerprint density at radius 1 is 1.15 bits per heavy atom. The maximum Gasteiger partial charge on any atom is 0.293 e. The van der Waals surface area contributed by atoms with Crippen LogP contribution in [0.15, 0.2) is 52.0 Å². The molecule has 0 unspecified atom stereocenters. The Kier molecular flexibility index (Phi) is 4.54. The van der Waals surface area contributed by atoms with E-state index in [1.807, 2.05) is 31.2 Å². The highest BCUT2D eigenvalue weighted by molar-refractivity contribution is 9.10. The fourth-order valence-electron chi connectivity index (χ4n) is 3.29. The minimum Gasteiger partial charge on any atom is -0.302 e. The third-order valence-electron chi connectivity index (χ3n) is 4.59. The van der Waals surface area contributed by atoms with Gasteiger partial charge >= 0.3 is 0 Å². The number of hydrogen-bond acceptors (Lipinski definition) is 3. The highest BCUT2D eigenvalue weighted by atomic mass is 79.9. The first-order valence-corrected chi connectivity index (χ1v) is 9.39. The van der Waals surface area contributed by atoms with Crippen molar-refractivity contribution in [3.63, 3.8) is 0 Å². The van der Waals surface area contributed by atoms with Gasteiger partial charge in [0.15, 0.2) is 4.73 Å². The number of imidazole rings is 1. The lowest BCUT2D eigenvalue weighted by Gasteiger charge is -2.10. The van der Waals surface area contributed by atoms with Crippen LogP contribution in [0.2, 0.25) is 0 Å². The molecule has 0 amide bonds. The molecule has 0 aliphatic heterocycles. The molecular formula is C21H17BrN4O. The molecule has 2 heterocycles. The van der Waals surface area contributed by atoms with Crippen LogP contribution in [-0.4, -0.2) is 19.3 Å². The number of nitrogens with zero attached hydrogens (tertiary/aromatic N) is 4. The summed E-state index contributed by atoms with van der Waals surface area (Å²) in [4.78, 5) is 17.6. The first kappa shape index (κ1) is 17.5. The molecule has 0 atom stereocenters. The molecule has 0 aliphatic rings. The highest BCUT2D eigenvalue weighted by Crippen LogP contribution is 2.21. The van der Waals surface area contributed by atoms with Crippen molar-refractivity contribution in [3.8, 4) is 11.8 Å². The molecule has 0 saturated heterocycles. The Morgan fingerprint density at radius 2 is 1.93 bits per heavy atom. The van der Waals surface area contributed by atoms with E-state index in [9.17, 15) is 4.79 Å². The number of aryl methyl sites for hydroxylation is 1. The van der Waals surface area contributed by atoms with Gasteiger partial charge in [0.1, 0.15) is 11.0 Å². The Hall–Kier alpha value is -2.91. The van der Waals surface area contributed by atoms with Gasteiger partial charge in [-0.1, -0.05) is 48.4 Å². The molecule has 4 aromatic rings. The van der Waals surface area contributed by atoms with Crippen molar-refractivity contribution in [2.24, 2.45) is 0 Å². The number of halogens is 1. The average Bonchev–Trinajstić information content (AvgIpc) is 3.01. The maximum atomic E-state index is 13.2. The summed E-state index contributed by atoms with van der Waals surface area (Å²) in [5.74, 6) is 5.86. The molecule has 27 heavy (non-hydrogen) atoms. The van der Waals surface area contributed by atoms with Crippen LogP contribution in [0.4, 0.5) is 0 Å². The Labute approximate surface area is 164 Å². The summed E-state index contributed by atoms with van der Waals surface area (Å²) < 4.78 is 3.90. The Bertz CT molecular complexity index is 1290. The minimum atomic E-state index is -0.167. The molecule has 0 radical (unpaired) electrons. The first-order valence-electron chi connectivity index (χ1n) is 8.60. The third kappa shape index (κ3) is 3.04. The van der Waals surface area contributed by atoms with Crippen LogP contribution in [0.5, 0.6) is 0 Å². The van der Waals surface area contributed by atoms with Gasteiger partial charge in [-0.15, -0.1) is 5.92 Å². The van der Waals surface area contributed by atoms with Crippen LogP contribution in [0.1, 0.15) is 18.2 Å². The van der Waals surface area contributed by atoms with E-state index < -0.39 is 0 Å². The lowest BCUT2D eigenvalue weighted by atomic mass is 10.0. The zero-order valence-corrected chi connectivity index (χ0v) is 16.6. The number of fused-ring (bicyclic) bond motifs is 2. The summed E-state index contributed by atoms with van der Waals surface area (Å²) in [5, 5.41) is 6.78. The zero-order valence-electron chi connectivity index (χ0n) is 15.0. The van der Waals surface area contributed by atoms with E-state index in [1.54, 1.807) is 11.5 Å². The smallest absolute Gasteiger partial charge is 0.293 e. The summed E-state index contributed by atoms with van der Waals surface area (Å²) in [5.41, 5.74) is 2.74. The van der Waals surface area contributed by atoms with Crippen molar-refractivity contribution in [2.75, 3.05) is 0 Å². The molecule has 134 valence electrons. The second-order valence-electron chi connectivity index (χ2n) is 6.28. The number of rotatable bonds is 3. The zero-order chi connectivity index (χ0) is 19.0. The van der Waals surface area contributed by atoms with Crippen molar-refractivity contribution in [1.29, 1.82) is 0 Å². The predicted octanol–water partition coefficient (Wildman–Crippen LogP) is 3.89. The molecule has 5 nitrogen and oxygen atoms in total. The molecule has 0 N–H and O–H groups in total. The summed E-state index contributed by atoms with van der Waals surface area (Å²) in [6.07, 6.45) is 0. The standard InChI is InChI=1S/C21H17BrN4O/c1-3-4-12-25-19-18(23-21(25)22)14(2)24-26(20(19)27)13-16-10-7-9-15-8-5-6-11-17(15)16/h5-11H,12-13H2,1-2H3. The van der Waals surface area contributed by atoms with Gasteiger partial charge in [0.25, 0.3) is 5.56 Å². The maximum absolute atomic E-state index is 13.2. The van der Waals surface area contributed by atoms with E-state index >= 15 is 0 Å². The normalized spacial score (nSPS) is 10.9. The van der Waals surface area contributed by atoms with Gasteiger partial charge in [0.05, 0.1) is 18.8 Å². The molecule has 2 aromatic carbocycles. The van der Waals surface area contributed by atoms with Crippen LogP contribution in [0.3, 0.4) is 0 Å². The van der Waals surface area contributed by atoms with Crippen molar-refractivity contribution in [3.05, 3.63) is 68.8 Å². The van der Waals surface area contributed by atoms with Crippen LogP contribution in [0.25, 0.3) is 21.8 Å². The highest BCUT2D eigenvalue weighted by Gasteiger charge is 2.17. The van der Waals surface area contributed by atoms with Gasteiger partial charge in [-0.2, -0.15) is 5.10 Å². The Morgan fingerprint density at radius 3 is 2.74 bits per heavy atom. The van der Waals surface area contributed by atoms with Gasteiger partial charge in [0, 0.05) is 0 Å². The van der Waals surface area contributed by atoms with Crippen LogP contribution < -0.4 is 5.56 Å². The summed E-state index contributed by atoms with van der Waals surface area (Å²) in [6, 6.07) is 14.3. The van der Waals surface area contributed by atoms with E-state index in [2.05, 4.69) is 56.1 Å². The third-order valence-corrected chi connectivity index (χ3v) is 5.19. The lowest BCUT2D eigenvalue weighted by molar-refractivity contribution is 0.635. The summed E-state index contributed by atoms with van der Waals surface area (Å²) >= 11 is 3.44. The number of benzene rings is 2. The predicted molar refractivity (Wildman–Crippen MR) is 111 cm³/mol. The minimum absolute atomic E-state index is 0.167. The van der Waals surface area contributed by atoms with E-state index in [0.717, 1.165) is 16.3 Å². The molecule has 0 aliphatic carbocycles. The van der Waals surface area contributed by atoms with Gasteiger partial charge in [-0.25, -0.2) is 9.67 Å². The van der Waals surface area contributed by atoms with E-state index in [1.165, 1.54) is 4.68 Å². The second-order valence-corrected chi connectivity index (χ2v) is 6.99. The summed E-state index contributed by atoms with van der Waals surface area (Å²) in [7, 11) is 0. The fourth-order valence-corrected chi connectivity index (χ4v) is 3.77. The molecular weight excluding hydrogens is 404 g/mol. The van der Waals surface area contributed by atoms with E-state index in [4.69, 9.17) is 0 Å². The monoisotopic (exact) mass is 420 g/mol. The van der Waals surface area contributed by atoms with Gasteiger partial charge < -0.3 is 4.57 Å². The van der Waals surface area contributed by atoms with Crippen molar-refractivity contribution in [1.82, 2.24) is 19.3 Å². The quantitative estimate of drug-likeness (QED) is 0.472. The summed E-state index contributed by atoms with van der Waals surface area (Å²) in [6.45, 7) is 4.45. The van der Waals surface area contributed by atoms with Crippen LogP contribution in [0, 0.1) is 18.8 Å². The van der Waals surface area contributed by atoms with Crippen LogP contribution >= 0.6 is 15.9 Å². The van der Waals surface area contributed by atoms with Crippen molar-refractivity contribution in [2.45, 2.75) is 26.9 Å². The van der Waals surface area contributed by atoms with Crippen molar-refractivity contribution >= 4 is 37.7 Å². The topological polar surface area (TPSA) is 52.7 Å². The van der Waals surface area contributed by atoms with Gasteiger partial charge in [-0.3, -0.25) is 4.79 Å². The van der Waals surface area contributed by atoms with E-state index in [0.29, 0.717) is 34.6 Å². The van der Waals surface area contributed by atoms with E-state index in [-0.39, 0.29) is 5.56 Å². The molecule has 0 bridgehead atoms. The number of hydrogen-bond donors (Lipinski definition) is 0.